The number of sulfonamides is 1. The lowest BCUT2D eigenvalue weighted by atomic mass is 10.1. The molecule has 2 saturated heterocycles. The Morgan fingerprint density at radius 3 is 2.58 bits per heavy atom. The summed E-state index contributed by atoms with van der Waals surface area (Å²) in [4.78, 5) is 27.8. The molecule has 0 atom stereocenters. The van der Waals surface area contributed by atoms with Gasteiger partial charge in [-0.05, 0) is 42.8 Å². The van der Waals surface area contributed by atoms with Gasteiger partial charge in [0.15, 0.2) is 0 Å². The minimum absolute atomic E-state index is 0.150. The quantitative estimate of drug-likeness (QED) is 0.516. The number of aromatic nitrogens is 1. The zero-order chi connectivity index (χ0) is 23.2. The highest BCUT2D eigenvalue weighted by Gasteiger charge is 2.27. The molecule has 2 fully saturated rings. The van der Waals surface area contributed by atoms with Crippen molar-refractivity contribution >= 4 is 61.6 Å². The molecule has 0 unspecified atom stereocenters. The summed E-state index contributed by atoms with van der Waals surface area (Å²) in [5.41, 5.74) is 1.65. The van der Waals surface area contributed by atoms with E-state index in [-0.39, 0.29) is 14.8 Å². The van der Waals surface area contributed by atoms with E-state index >= 15 is 0 Å². The van der Waals surface area contributed by atoms with Gasteiger partial charge >= 0.3 is 0 Å². The van der Waals surface area contributed by atoms with Crippen LogP contribution >= 0.6 is 23.4 Å². The van der Waals surface area contributed by atoms with E-state index in [0.717, 1.165) is 31.0 Å². The highest BCUT2D eigenvalue weighted by atomic mass is 35.5. The summed E-state index contributed by atoms with van der Waals surface area (Å²) in [7, 11) is -3.61. The third-order valence-electron chi connectivity index (χ3n) is 5.54. The van der Waals surface area contributed by atoms with E-state index in [9.17, 15) is 18.0 Å². The smallest absolute Gasteiger partial charge is 0.290 e. The van der Waals surface area contributed by atoms with Crippen LogP contribution in [0.5, 0.6) is 0 Å². The number of carbonyl (C=O) groups is 2. The standard InChI is InChI=1S/C22H18ClN3O5S2/c23-18-10-15(33(29,30)26-6-2-1-3-7-26)4-5-16(18)17-12-24-11-13-8-14(31-20(13)17)9-19-21(27)25-22(28)32-19/h4-5,8-12H,1-3,6-7H2,(H,25,27,28). The summed E-state index contributed by atoms with van der Waals surface area (Å²) in [6, 6.07) is 6.35. The van der Waals surface area contributed by atoms with Gasteiger partial charge in [-0.1, -0.05) is 24.1 Å². The molecule has 0 radical (unpaired) electrons. The van der Waals surface area contributed by atoms with Crippen LogP contribution < -0.4 is 5.32 Å². The number of halogens is 1. The van der Waals surface area contributed by atoms with Crippen LogP contribution in [0.2, 0.25) is 5.02 Å². The number of furan rings is 1. The van der Waals surface area contributed by atoms with E-state index in [1.807, 2.05) is 0 Å². The van der Waals surface area contributed by atoms with E-state index in [0.29, 0.717) is 40.9 Å². The topological polar surface area (TPSA) is 110 Å². The van der Waals surface area contributed by atoms with E-state index < -0.39 is 21.2 Å². The molecule has 0 spiro atoms. The summed E-state index contributed by atoms with van der Waals surface area (Å²) in [5.74, 6) is -0.0932. The molecule has 2 aliphatic rings. The third kappa shape index (κ3) is 4.19. The Morgan fingerprint density at radius 1 is 1.09 bits per heavy atom. The van der Waals surface area contributed by atoms with Crippen molar-refractivity contribution in [2.24, 2.45) is 0 Å². The number of thioether (sulfide) groups is 1. The van der Waals surface area contributed by atoms with Gasteiger partial charge in [0.1, 0.15) is 11.3 Å². The van der Waals surface area contributed by atoms with Gasteiger partial charge in [-0.25, -0.2) is 8.42 Å². The number of piperidine rings is 1. The molecule has 170 valence electrons. The second-order valence-electron chi connectivity index (χ2n) is 7.71. The Kier molecular flexibility index (Phi) is 5.77. The van der Waals surface area contributed by atoms with E-state index in [2.05, 4.69) is 10.3 Å². The Bertz CT molecular complexity index is 1430. The van der Waals surface area contributed by atoms with Gasteiger partial charge in [0.05, 0.1) is 9.80 Å². The lowest BCUT2D eigenvalue weighted by Crippen LogP contribution is -2.35. The van der Waals surface area contributed by atoms with Crippen molar-refractivity contribution in [3.8, 4) is 11.1 Å². The summed E-state index contributed by atoms with van der Waals surface area (Å²) in [5, 5.41) is 2.70. The molecule has 8 nitrogen and oxygen atoms in total. The molecule has 4 heterocycles. The summed E-state index contributed by atoms with van der Waals surface area (Å²) < 4.78 is 33.4. The van der Waals surface area contributed by atoms with Gasteiger partial charge in [0.25, 0.3) is 11.1 Å². The van der Waals surface area contributed by atoms with Gasteiger partial charge in [0.2, 0.25) is 10.0 Å². The Morgan fingerprint density at radius 2 is 1.88 bits per heavy atom. The van der Waals surface area contributed by atoms with Crippen LogP contribution in [0.3, 0.4) is 0 Å². The van der Waals surface area contributed by atoms with Gasteiger partial charge in [-0.15, -0.1) is 0 Å². The third-order valence-corrected chi connectivity index (χ3v) is 8.56. The van der Waals surface area contributed by atoms with Gasteiger partial charge < -0.3 is 4.42 Å². The van der Waals surface area contributed by atoms with Gasteiger partial charge in [0, 0.05) is 53.1 Å². The van der Waals surface area contributed by atoms with Crippen molar-refractivity contribution in [3.05, 3.63) is 52.3 Å². The molecule has 5 rings (SSSR count). The minimum atomic E-state index is -3.61. The summed E-state index contributed by atoms with van der Waals surface area (Å²) in [6.45, 7) is 1.02. The number of pyridine rings is 1. The fourth-order valence-electron chi connectivity index (χ4n) is 3.92. The van der Waals surface area contributed by atoms with Crippen molar-refractivity contribution in [1.82, 2.24) is 14.6 Å². The van der Waals surface area contributed by atoms with Crippen molar-refractivity contribution in [1.29, 1.82) is 0 Å². The number of nitrogens with one attached hydrogen (secondary N) is 1. The molecule has 0 saturated carbocycles. The van der Waals surface area contributed by atoms with E-state index in [1.165, 1.54) is 16.4 Å². The molecular weight excluding hydrogens is 486 g/mol. The molecular formula is C22H18ClN3O5S2. The number of carbonyl (C=O) groups excluding carboxylic acids is 2. The highest BCUT2D eigenvalue weighted by Crippen LogP contribution is 2.37. The molecule has 0 bridgehead atoms. The zero-order valence-electron chi connectivity index (χ0n) is 17.2. The van der Waals surface area contributed by atoms with Crippen molar-refractivity contribution < 1.29 is 22.4 Å². The predicted molar refractivity (Wildman–Crippen MR) is 126 cm³/mol. The lowest BCUT2D eigenvalue weighted by Gasteiger charge is -2.26. The zero-order valence-corrected chi connectivity index (χ0v) is 19.6. The first-order valence-electron chi connectivity index (χ1n) is 10.3. The van der Waals surface area contributed by atoms with Gasteiger partial charge in [-0.3, -0.25) is 19.9 Å². The maximum atomic E-state index is 13.0. The molecule has 1 aromatic carbocycles. The monoisotopic (exact) mass is 503 g/mol. The SMILES string of the molecule is O=C1NC(=O)C(=Cc2cc3cncc(-c4ccc(S(=O)(=O)N5CCCCC5)cc4Cl)c3o2)S1. The number of amides is 2. The minimum Gasteiger partial charge on any atom is -0.456 e. The number of nitrogens with zero attached hydrogens (tertiary/aromatic N) is 2. The Hall–Kier alpha value is -2.66. The van der Waals surface area contributed by atoms with Crippen molar-refractivity contribution in [3.63, 3.8) is 0 Å². The van der Waals surface area contributed by atoms with Crippen LogP contribution in [0.15, 0.2) is 50.9 Å². The normalized spacial score (nSPS) is 18.9. The highest BCUT2D eigenvalue weighted by molar-refractivity contribution is 8.18. The van der Waals surface area contributed by atoms with E-state index in [1.54, 1.807) is 30.6 Å². The van der Waals surface area contributed by atoms with Crippen LogP contribution in [0.4, 0.5) is 4.79 Å². The van der Waals surface area contributed by atoms with Crippen LogP contribution in [0, 0.1) is 0 Å². The molecule has 0 aliphatic carbocycles. The number of hydrogen-bond acceptors (Lipinski definition) is 7. The maximum absolute atomic E-state index is 13.0. The fourth-order valence-corrected chi connectivity index (χ4v) is 6.48. The average molecular weight is 504 g/mol. The second kappa shape index (κ2) is 8.60. The molecule has 2 aromatic heterocycles. The number of fused-ring (bicyclic) bond motifs is 1. The Labute approximate surface area is 199 Å². The first-order valence-corrected chi connectivity index (χ1v) is 12.9. The molecule has 2 aliphatic heterocycles. The first-order chi connectivity index (χ1) is 15.8. The molecule has 11 heteroatoms. The van der Waals surface area contributed by atoms with Crippen LogP contribution in [-0.4, -0.2) is 41.9 Å². The number of rotatable bonds is 4. The molecule has 33 heavy (non-hydrogen) atoms. The molecule has 2 amide bonds. The average Bonchev–Trinajstić information content (AvgIpc) is 3.35. The number of hydrogen-bond donors (Lipinski definition) is 1. The predicted octanol–water partition coefficient (Wildman–Crippen LogP) is 4.65. The van der Waals surface area contributed by atoms with Crippen molar-refractivity contribution in [2.45, 2.75) is 24.2 Å². The van der Waals surface area contributed by atoms with Crippen LogP contribution in [-0.2, 0) is 14.8 Å². The summed E-state index contributed by atoms with van der Waals surface area (Å²) in [6.07, 6.45) is 7.42. The second-order valence-corrected chi connectivity index (χ2v) is 11.1. The summed E-state index contributed by atoms with van der Waals surface area (Å²) >= 11 is 7.33. The lowest BCUT2D eigenvalue weighted by molar-refractivity contribution is -0.115. The molecule has 1 N–H and O–H groups in total. The maximum Gasteiger partial charge on any atom is 0.290 e. The number of benzene rings is 1. The Balaban J connectivity index is 1.52. The first kappa shape index (κ1) is 22.1. The van der Waals surface area contributed by atoms with Crippen molar-refractivity contribution in [2.75, 3.05) is 13.1 Å². The molecule has 3 aromatic rings. The largest absolute Gasteiger partial charge is 0.456 e. The van der Waals surface area contributed by atoms with Crippen LogP contribution in [0.1, 0.15) is 25.0 Å². The van der Waals surface area contributed by atoms with Crippen LogP contribution in [0.25, 0.3) is 28.2 Å². The fraction of sp³-hybridized carbons (Fsp3) is 0.227. The van der Waals surface area contributed by atoms with Gasteiger partial charge in [-0.2, -0.15) is 4.31 Å². The van der Waals surface area contributed by atoms with E-state index in [4.69, 9.17) is 16.0 Å². The number of imide groups is 1.